The molecule has 1 N–H and O–H groups in total. The third kappa shape index (κ3) is 3.13. The first-order valence-corrected chi connectivity index (χ1v) is 5.28. The normalized spacial score (nSPS) is 13.1. The second-order valence-electron chi connectivity index (χ2n) is 4.00. The lowest BCUT2D eigenvalue weighted by molar-refractivity contribution is -0.357. The van der Waals surface area contributed by atoms with E-state index in [1.165, 1.54) is 0 Å². The lowest BCUT2D eigenvalue weighted by atomic mass is 10.0. The molecule has 0 bridgehead atoms. The summed E-state index contributed by atoms with van der Waals surface area (Å²) in [6.45, 7) is -1.43. The van der Waals surface area contributed by atoms with E-state index < -0.39 is 47.7 Å². The number of aliphatic hydroxyl groups is 1. The van der Waals surface area contributed by atoms with Crippen molar-refractivity contribution in [3.8, 4) is 0 Å². The summed E-state index contributed by atoms with van der Waals surface area (Å²) < 4.78 is 103. The third-order valence-corrected chi connectivity index (χ3v) is 2.51. The predicted molar refractivity (Wildman–Crippen MR) is 53.2 cm³/mol. The van der Waals surface area contributed by atoms with E-state index in [0.717, 1.165) is 12.1 Å². The average molecular weight is 338 g/mol. The molecule has 0 saturated heterocycles. The summed E-state index contributed by atoms with van der Waals surface area (Å²) in [7, 11) is 0. The third-order valence-electron chi connectivity index (χ3n) is 2.51. The monoisotopic (exact) mass is 338 g/mol. The van der Waals surface area contributed by atoms with Crippen molar-refractivity contribution in [2.24, 2.45) is 0 Å². The highest BCUT2D eigenvalue weighted by Gasteiger charge is 2.76. The molecule has 0 aliphatic heterocycles. The zero-order valence-electron chi connectivity index (χ0n) is 10.2. The van der Waals surface area contributed by atoms with Crippen LogP contribution in [0.2, 0.25) is 0 Å². The van der Waals surface area contributed by atoms with Crippen molar-refractivity contribution >= 4 is 5.97 Å². The van der Waals surface area contributed by atoms with Gasteiger partial charge in [0.25, 0.3) is 0 Å². The molecule has 0 aliphatic rings. The molecule has 0 unspecified atom stereocenters. The summed E-state index contributed by atoms with van der Waals surface area (Å²) >= 11 is 0. The molecule has 0 amide bonds. The van der Waals surface area contributed by atoms with Gasteiger partial charge in [0.05, 0.1) is 0 Å². The minimum atomic E-state index is -6.41. The van der Waals surface area contributed by atoms with Gasteiger partial charge in [-0.05, 0) is 6.07 Å². The Kier molecular flexibility index (Phi) is 4.70. The van der Waals surface area contributed by atoms with Crippen LogP contribution in [0, 0.1) is 11.6 Å². The van der Waals surface area contributed by atoms with E-state index in [1.54, 1.807) is 0 Å². The van der Waals surface area contributed by atoms with Crippen LogP contribution in [-0.4, -0.2) is 29.0 Å². The van der Waals surface area contributed by atoms with Gasteiger partial charge in [-0.15, -0.1) is 0 Å². The predicted octanol–water partition coefficient (Wildman–Crippen LogP) is 2.86. The first kappa shape index (κ1) is 18.1. The Hall–Kier alpha value is -1.91. The Morgan fingerprint density at radius 1 is 1.05 bits per heavy atom. The number of hydrogen-bond donors (Lipinski definition) is 1. The molecule has 0 aliphatic carbocycles. The van der Waals surface area contributed by atoms with Crippen LogP contribution in [0.25, 0.3) is 0 Å². The van der Waals surface area contributed by atoms with Gasteiger partial charge in [-0.1, -0.05) is 12.1 Å². The summed E-state index contributed by atoms with van der Waals surface area (Å²) in [5.74, 6) is -6.16. The van der Waals surface area contributed by atoms with Gasteiger partial charge < -0.3 is 9.84 Å². The smallest absolute Gasteiger partial charge is 0.437 e. The first-order chi connectivity index (χ1) is 9.82. The quantitative estimate of drug-likeness (QED) is 0.681. The molecule has 0 aromatic heterocycles. The molecule has 22 heavy (non-hydrogen) atoms. The Labute approximate surface area is 117 Å². The highest BCUT2D eigenvalue weighted by molar-refractivity contribution is 5.81. The van der Waals surface area contributed by atoms with Gasteiger partial charge >= 0.3 is 23.9 Å². The number of ether oxygens (including phenoxy) is 1. The van der Waals surface area contributed by atoms with Crippen LogP contribution in [-0.2, 0) is 16.1 Å². The lowest BCUT2D eigenvalue weighted by Crippen LogP contribution is -2.62. The fourth-order valence-corrected chi connectivity index (χ4v) is 1.30. The molecule has 0 heterocycles. The Morgan fingerprint density at radius 3 is 2.00 bits per heavy atom. The molecule has 3 nitrogen and oxygen atoms in total. The molecule has 0 saturated carbocycles. The Bertz CT molecular complexity index is 549. The van der Waals surface area contributed by atoms with E-state index in [-0.39, 0.29) is 0 Å². The molecule has 0 atom stereocenters. The molecule has 1 aromatic rings. The lowest BCUT2D eigenvalue weighted by Gasteiger charge is -2.29. The zero-order chi connectivity index (χ0) is 17.3. The van der Waals surface area contributed by atoms with E-state index in [9.17, 15) is 39.9 Å². The maximum atomic E-state index is 13.1. The summed E-state index contributed by atoms with van der Waals surface area (Å²) in [4.78, 5) is 11.0. The van der Waals surface area contributed by atoms with Crippen LogP contribution in [0.5, 0.6) is 0 Å². The van der Waals surface area contributed by atoms with Crippen LogP contribution in [0.1, 0.15) is 5.56 Å². The summed E-state index contributed by atoms with van der Waals surface area (Å²) in [5, 5.41) is 8.66. The number of alkyl halides is 6. The maximum Gasteiger partial charge on any atom is 0.437 e. The van der Waals surface area contributed by atoms with Gasteiger partial charge in [-0.2, -0.15) is 26.3 Å². The van der Waals surface area contributed by atoms with Crippen molar-refractivity contribution in [3.63, 3.8) is 0 Å². The van der Waals surface area contributed by atoms with Crippen LogP contribution in [0.15, 0.2) is 18.2 Å². The Morgan fingerprint density at radius 2 is 1.55 bits per heavy atom. The summed E-state index contributed by atoms with van der Waals surface area (Å²) in [5.41, 5.74) is -6.58. The van der Waals surface area contributed by atoms with Crippen LogP contribution < -0.4 is 0 Å². The molecule has 1 rings (SSSR count). The SMILES string of the molecule is O=C(OCc1cccc(F)c1F)C(O)(C(F)(F)F)C(F)(F)F. The molecule has 0 radical (unpaired) electrons. The molecule has 11 heteroatoms. The van der Waals surface area contributed by atoms with Crippen LogP contribution >= 0.6 is 0 Å². The fourth-order valence-electron chi connectivity index (χ4n) is 1.30. The standard InChI is InChI=1S/C11H6F8O3/c12-6-3-1-2-5(7(6)13)4-22-8(20)9(21,10(14,15)16)11(17,18)19/h1-3,21H,4H2. The number of benzene rings is 1. The summed E-state index contributed by atoms with van der Waals surface area (Å²) in [6.07, 6.45) is -12.8. The van der Waals surface area contributed by atoms with Crippen molar-refractivity contribution in [1.29, 1.82) is 0 Å². The molecule has 1 aromatic carbocycles. The zero-order valence-corrected chi connectivity index (χ0v) is 10.2. The van der Waals surface area contributed by atoms with E-state index in [2.05, 4.69) is 4.74 Å². The molecule has 0 fully saturated rings. The minimum Gasteiger partial charge on any atom is -0.458 e. The molecular weight excluding hydrogens is 332 g/mol. The van der Waals surface area contributed by atoms with E-state index >= 15 is 0 Å². The molecular formula is C11H6F8O3. The highest BCUT2D eigenvalue weighted by Crippen LogP contribution is 2.43. The van der Waals surface area contributed by atoms with Gasteiger partial charge in [0.2, 0.25) is 0 Å². The van der Waals surface area contributed by atoms with Crippen molar-refractivity contribution in [2.45, 2.75) is 24.6 Å². The number of esters is 1. The van der Waals surface area contributed by atoms with Gasteiger partial charge in [0.15, 0.2) is 11.6 Å². The topological polar surface area (TPSA) is 46.5 Å². The van der Waals surface area contributed by atoms with Gasteiger partial charge in [-0.25, -0.2) is 13.6 Å². The number of carbonyl (C=O) groups excluding carboxylic acids is 1. The second kappa shape index (κ2) is 5.71. The number of carbonyl (C=O) groups is 1. The minimum absolute atomic E-state index is 0.627. The largest absolute Gasteiger partial charge is 0.458 e. The van der Waals surface area contributed by atoms with Crippen molar-refractivity contribution < 1.29 is 49.8 Å². The summed E-state index contributed by atoms with van der Waals surface area (Å²) in [6, 6.07) is 2.29. The first-order valence-electron chi connectivity index (χ1n) is 5.28. The molecule has 124 valence electrons. The average Bonchev–Trinajstić information content (AvgIpc) is 2.36. The second-order valence-corrected chi connectivity index (χ2v) is 4.00. The highest BCUT2D eigenvalue weighted by atomic mass is 19.4. The number of rotatable bonds is 3. The van der Waals surface area contributed by atoms with Gasteiger partial charge in [0.1, 0.15) is 6.61 Å². The molecule has 0 spiro atoms. The van der Waals surface area contributed by atoms with E-state index in [4.69, 9.17) is 5.11 Å². The Balaban J connectivity index is 3.02. The van der Waals surface area contributed by atoms with Crippen molar-refractivity contribution in [1.82, 2.24) is 0 Å². The van der Waals surface area contributed by atoms with Crippen molar-refractivity contribution in [3.05, 3.63) is 35.4 Å². The van der Waals surface area contributed by atoms with Crippen LogP contribution in [0.4, 0.5) is 35.1 Å². The number of halogens is 8. The van der Waals surface area contributed by atoms with Gasteiger partial charge in [-0.3, -0.25) is 0 Å². The van der Waals surface area contributed by atoms with E-state index in [0.29, 0.717) is 6.07 Å². The van der Waals surface area contributed by atoms with Gasteiger partial charge in [0, 0.05) is 5.56 Å². The van der Waals surface area contributed by atoms with E-state index in [1.807, 2.05) is 0 Å². The van der Waals surface area contributed by atoms with Crippen LogP contribution in [0.3, 0.4) is 0 Å². The van der Waals surface area contributed by atoms with Crippen molar-refractivity contribution in [2.75, 3.05) is 0 Å². The fraction of sp³-hybridized carbons (Fsp3) is 0.364. The maximum absolute atomic E-state index is 13.1. The number of hydrogen-bond acceptors (Lipinski definition) is 3.